The number of carbonyl (C=O) groups is 1. The molecule has 2 heterocycles. The van der Waals surface area contributed by atoms with Gasteiger partial charge in [-0.1, -0.05) is 63.2 Å². The summed E-state index contributed by atoms with van der Waals surface area (Å²) in [5.74, 6) is 0.343. The molecule has 37 heavy (non-hydrogen) atoms. The minimum absolute atomic E-state index is 0.0225. The lowest BCUT2D eigenvalue weighted by molar-refractivity contribution is -0.123. The average molecular weight is 498 g/mol. The molecule has 4 N–H and O–H groups in total. The molecule has 0 aliphatic carbocycles. The molecule has 0 radical (unpaired) electrons. The lowest BCUT2D eigenvalue weighted by atomic mass is 9.80. The third-order valence-electron chi connectivity index (χ3n) is 7.77. The van der Waals surface area contributed by atoms with Gasteiger partial charge in [0, 0.05) is 12.2 Å². The van der Waals surface area contributed by atoms with Gasteiger partial charge >= 0.3 is 0 Å². The Morgan fingerprint density at radius 3 is 2.59 bits per heavy atom. The van der Waals surface area contributed by atoms with Crippen molar-refractivity contribution in [1.29, 1.82) is 0 Å². The number of fused-ring (bicyclic) bond motifs is 2. The molecule has 2 aliphatic heterocycles. The van der Waals surface area contributed by atoms with Gasteiger partial charge in [-0.3, -0.25) is 4.79 Å². The highest BCUT2D eigenvalue weighted by Crippen LogP contribution is 2.40. The lowest BCUT2D eigenvalue weighted by Crippen LogP contribution is -2.47. The van der Waals surface area contributed by atoms with Crippen molar-refractivity contribution in [3.05, 3.63) is 93.5 Å². The van der Waals surface area contributed by atoms with E-state index in [1.807, 2.05) is 13.0 Å². The van der Waals surface area contributed by atoms with E-state index in [4.69, 9.17) is 0 Å². The first-order chi connectivity index (χ1) is 17.7. The molecule has 5 rings (SSSR count). The Bertz CT molecular complexity index is 1290. The maximum atomic E-state index is 13.6. The molecule has 0 bridgehead atoms. The highest BCUT2D eigenvalue weighted by atomic mass is 16.3. The fourth-order valence-corrected chi connectivity index (χ4v) is 5.87. The molecule has 1 amide bonds. The zero-order chi connectivity index (χ0) is 26.2. The second kappa shape index (κ2) is 10.2. The van der Waals surface area contributed by atoms with Crippen molar-refractivity contribution in [2.75, 3.05) is 18.4 Å². The molecule has 5 heteroatoms. The van der Waals surface area contributed by atoms with Crippen LogP contribution >= 0.6 is 0 Å². The molecule has 0 fully saturated rings. The van der Waals surface area contributed by atoms with Crippen LogP contribution in [-0.2, 0) is 29.5 Å². The number of aryl methyl sites for hydroxylation is 1. The molecule has 0 aromatic heterocycles. The second-order valence-electron chi connectivity index (χ2n) is 11.7. The van der Waals surface area contributed by atoms with Gasteiger partial charge in [-0.2, -0.15) is 0 Å². The first-order valence-corrected chi connectivity index (χ1v) is 13.5. The van der Waals surface area contributed by atoms with E-state index in [1.165, 1.54) is 33.5 Å². The maximum absolute atomic E-state index is 13.6. The number of phenols is 1. The van der Waals surface area contributed by atoms with Crippen molar-refractivity contribution in [1.82, 2.24) is 10.6 Å². The standard InChI is InChI=1S/C32H39N3O2/c1-20-14-24(36)18-23-10-12-33-29(19-25(20)23)31(37)35-28-11-13-34-30-26(28)16-22(17-27(30)32(2,3)4)15-21-8-6-5-7-9-21/h5-9,14,16-18,28-29,33-34,36H,10-13,15,19H2,1-4H3,(H,35,37). The van der Waals surface area contributed by atoms with Gasteiger partial charge in [0.05, 0.1) is 12.1 Å². The van der Waals surface area contributed by atoms with Crippen molar-refractivity contribution in [3.63, 3.8) is 0 Å². The van der Waals surface area contributed by atoms with Crippen molar-refractivity contribution >= 4 is 11.6 Å². The first-order valence-electron chi connectivity index (χ1n) is 13.5. The van der Waals surface area contributed by atoms with Crippen LogP contribution < -0.4 is 16.0 Å². The number of phenolic OH excluding ortho intramolecular Hbond substituents is 1. The van der Waals surface area contributed by atoms with E-state index in [-0.39, 0.29) is 23.4 Å². The molecule has 2 aliphatic rings. The predicted octanol–water partition coefficient (Wildman–Crippen LogP) is 5.32. The lowest BCUT2D eigenvalue weighted by Gasteiger charge is -2.34. The fourth-order valence-electron chi connectivity index (χ4n) is 5.87. The van der Waals surface area contributed by atoms with E-state index < -0.39 is 0 Å². The van der Waals surface area contributed by atoms with E-state index in [0.717, 1.165) is 36.9 Å². The van der Waals surface area contributed by atoms with Crippen molar-refractivity contribution < 1.29 is 9.90 Å². The second-order valence-corrected chi connectivity index (χ2v) is 11.7. The summed E-state index contributed by atoms with van der Waals surface area (Å²) in [7, 11) is 0. The summed E-state index contributed by atoms with van der Waals surface area (Å²) in [4.78, 5) is 13.6. The predicted molar refractivity (Wildman–Crippen MR) is 150 cm³/mol. The SMILES string of the molecule is Cc1cc(O)cc2c1CC(C(=O)NC1CCNc3c1cc(Cc1ccccc1)cc3C(C)(C)C)NCC2. The Balaban J connectivity index is 1.43. The first kappa shape index (κ1) is 25.3. The molecule has 194 valence electrons. The molecule has 2 unspecified atom stereocenters. The Labute approximate surface area is 220 Å². The number of hydrogen-bond donors (Lipinski definition) is 4. The molecule has 0 spiro atoms. The largest absolute Gasteiger partial charge is 0.508 e. The van der Waals surface area contributed by atoms with Crippen LogP contribution in [0.1, 0.15) is 72.2 Å². The van der Waals surface area contributed by atoms with Crippen LogP contribution in [0.25, 0.3) is 0 Å². The molecular weight excluding hydrogens is 458 g/mol. The van der Waals surface area contributed by atoms with E-state index in [0.29, 0.717) is 18.7 Å². The van der Waals surface area contributed by atoms with Crippen LogP contribution in [0, 0.1) is 6.92 Å². The minimum Gasteiger partial charge on any atom is -0.508 e. The van der Waals surface area contributed by atoms with E-state index in [1.54, 1.807) is 6.07 Å². The van der Waals surface area contributed by atoms with Crippen molar-refractivity contribution in [2.45, 2.75) is 70.9 Å². The quantitative estimate of drug-likeness (QED) is 0.394. The Morgan fingerprint density at radius 2 is 1.84 bits per heavy atom. The van der Waals surface area contributed by atoms with E-state index in [2.05, 4.69) is 79.2 Å². The molecular formula is C32H39N3O2. The summed E-state index contributed by atoms with van der Waals surface area (Å²) < 4.78 is 0. The van der Waals surface area contributed by atoms with Gasteiger partial charge in [-0.25, -0.2) is 0 Å². The number of nitrogens with one attached hydrogen (secondary N) is 3. The van der Waals surface area contributed by atoms with Crippen LogP contribution in [0.15, 0.2) is 54.6 Å². The van der Waals surface area contributed by atoms with Gasteiger partial charge in [0.2, 0.25) is 5.91 Å². The van der Waals surface area contributed by atoms with Gasteiger partial charge in [0.1, 0.15) is 5.75 Å². The van der Waals surface area contributed by atoms with Crippen LogP contribution in [0.4, 0.5) is 5.69 Å². The van der Waals surface area contributed by atoms with E-state index >= 15 is 0 Å². The summed E-state index contributed by atoms with van der Waals surface area (Å²) in [6.07, 6.45) is 3.16. The monoisotopic (exact) mass is 497 g/mol. The van der Waals surface area contributed by atoms with Gasteiger partial charge in [-0.15, -0.1) is 0 Å². The van der Waals surface area contributed by atoms with Crippen molar-refractivity contribution in [2.24, 2.45) is 0 Å². The highest BCUT2D eigenvalue weighted by Gasteiger charge is 2.31. The van der Waals surface area contributed by atoms with Crippen LogP contribution in [0.5, 0.6) is 5.75 Å². The van der Waals surface area contributed by atoms with Gasteiger partial charge in [0.15, 0.2) is 0 Å². The molecule has 3 aromatic carbocycles. The average Bonchev–Trinajstić information content (AvgIpc) is 3.07. The molecule has 3 aromatic rings. The third kappa shape index (κ3) is 5.52. The zero-order valence-corrected chi connectivity index (χ0v) is 22.4. The number of carbonyl (C=O) groups excluding carboxylic acids is 1. The van der Waals surface area contributed by atoms with E-state index in [9.17, 15) is 9.90 Å². The Morgan fingerprint density at radius 1 is 1.05 bits per heavy atom. The minimum atomic E-state index is -0.294. The molecule has 0 saturated heterocycles. The third-order valence-corrected chi connectivity index (χ3v) is 7.77. The highest BCUT2D eigenvalue weighted by molar-refractivity contribution is 5.83. The number of hydrogen-bond acceptors (Lipinski definition) is 4. The summed E-state index contributed by atoms with van der Waals surface area (Å²) in [5.41, 5.74) is 9.55. The number of aromatic hydroxyl groups is 1. The fraction of sp³-hybridized carbons (Fsp3) is 0.406. The summed E-state index contributed by atoms with van der Waals surface area (Å²) in [6.45, 7) is 10.3. The Hall–Kier alpha value is -3.31. The van der Waals surface area contributed by atoms with Gasteiger partial charge in [0.25, 0.3) is 0 Å². The number of rotatable bonds is 4. The van der Waals surface area contributed by atoms with Gasteiger partial charge in [-0.05, 0) is 95.6 Å². The van der Waals surface area contributed by atoms with Crippen LogP contribution in [0.3, 0.4) is 0 Å². The maximum Gasteiger partial charge on any atom is 0.237 e. The van der Waals surface area contributed by atoms with Gasteiger partial charge < -0.3 is 21.1 Å². The molecule has 2 atom stereocenters. The smallest absolute Gasteiger partial charge is 0.237 e. The Kier molecular flexibility index (Phi) is 7.00. The molecule has 0 saturated carbocycles. The van der Waals surface area contributed by atoms with Crippen LogP contribution in [0.2, 0.25) is 0 Å². The number of anilines is 1. The summed E-state index contributed by atoms with van der Waals surface area (Å²) in [6, 6.07) is 18.5. The topological polar surface area (TPSA) is 73.4 Å². The molecule has 5 nitrogen and oxygen atoms in total. The summed E-state index contributed by atoms with van der Waals surface area (Å²) in [5, 5.41) is 20.6. The zero-order valence-electron chi connectivity index (χ0n) is 22.4. The van der Waals surface area contributed by atoms with Crippen LogP contribution in [-0.4, -0.2) is 30.1 Å². The summed E-state index contributed by atoms with van der Waals surface area (Å²) >= 11 is 0. The number of amides is 1. The normalized spacial score (nSPS) is 19.2. The van der Waals surface area contributed by atoms with Crippen molar-refractivity contribution in [3.8, 4) is 5.75 Å². The number of benzene rings is 3.